The minimum absolute atomic E-state index is 0.295. The minimum Gasteiger partial charge on any atom is -0.389 e. The number of allylic oxidation sites excluding steroid dienone is 2. The maximum absolute atomic E-state index is 3.95. The lowest BCUT2D eigenvalue weighted by atomic mass is 9.97. The van der Waals surface area contributed by atoms with Crippen LogP contribution in [0.25, 0.3) is 0 Å². The number of hydrogen-bond donors (Lipinski definition) is 2. The van der Waals surface area contributed by atoms with E-state index in [1.165, 1.54) is 0 Å². The van der Waals surface area contributed by atoms with E-state index in [0.717, 1.165) is 24.5 Å². The molecule has 0 aromatic rings. The van der Waals surface area contributed by atoms with Crippen LogP contribution in [0.2, 0.25) is 0 Å². The van der Waals surface area contributed by atoms with Crippen molar-refractivity contribution >= 4 is 0 Å². The van der Waals surface area contributed by atoms with Crippen LogP contribution in [0.1, 0.15) is 34.6 Å². The standard InChI is InChI=1S/C12H24N2/c1-7-13-10(2)8-11(3)14-9-12(4,5)6/h8,13-14H,3,7,9H2,1-2,4-6H3/b10-8+. The summed E-state index contributed by atoms with van der Waals surface area (Å²) in [6.07, 6.45) is 2.04. The molecule has 0 aliphatic rings. The second-order valence-corrected chi connectivity index (χ2v) is 4.80. The molecule has 0 saturated heterocycles. The fourth-order valence-corrected chi connectivity index (χ4v) is 1.02. The molecule has 0 spiro atoms. The largest absolute Gasteiger partial charge is 0.389 e. The summed E-state index contributed by atoms with van der Waals surface area (Å²) in [6.45, 7) is 16.6. The van der Waals surface area contributed by atoms with Crippen molar-refractivity contribution in [3.05, 3.63) is 24.0 Å². The average Bonchev–Trinajstić information content (AvgIpc) is 2.00. The first kappa shape index (κ1) is 13.1. The van der Waals surface area contributed by atoms with E-state index in [9.17, 15) is 0 Å². The molecule has 0 aromatic heterocycles. The van der Waals surface area contributed by atoms with Crippen LogP contribution in [-0.2, 0) is 0 Å². The van der Waals surface area contributed by atoms with Crippen molar-refractivity contribution in [1.82, 2.24) is 10.6 Å². The van der Waals surface area contributed by atoms with Crippen LogP contribution in [0.5, 0.6) is 0 Å². The van der Waals surface area contributed by atoms with Crippen molar-refractivity contribution in [3.8, 4) is 0 Å². The molecule has 0 aliphatic carbocycles. The highest BCUT2D eigenvalue weighted by atomic mass is 14.9. The topological polar surface area (TPSA) is 24.1 Å². The van der Waals surface area contributed by atoms with Crippen molar-refractivity contribution in [2.24, 2.45) is 5.41 Å². The van der Waals surface area contributed by atoms with E-state index in [-0.39, 0.29) is 0 Å². The third-order valence-electron chi connectivity index (χ3n) is 1.69. The fourth-order valence-electron chi connectivity index (χ4n) is 1.02. The summed E-state index contributed by atoms with van der Waals surface area (Å²) in [6, 6.07) is 0. The highest BCUT2D eigenvalue weighted by Gasteiger charge is 2.08. The van der Waals surface area contributed by atoms with Gasteiger partial charge in [-0.1, -0.05) is 27.4 Å². The van der Waals surface area contributed by atoms with Crippen molar-refractivity contribution in [2.75, 3.05) is 13.1 Å². The Kier molecular flexibility index (Phi) is 5.36. The zero-order valence-electron chi connectivity index (χ0n) is 10.2. The van der Waals surface area contributed by atoms with Gasteiger partial charge < -0.3 is 10.6 Å². The van der Waals surface area contributed by atoms with E-state index in [0.29, 0.717) is 5.41 Å². The molecular formula is C12H24N2. The van der Waals surface area contributed by atoms with E-state index < -0.39 is 0 Å². The minimum atomic E-state index is 0.295. The Bertz CT molecular complexity index is 209. The van der Waals surface area contributed by atoms with Gasteiger partial charge in [0.25, 0.3) is 0 Å². The van der Waals surface area contributed by atoms with Crippen molar-refractivity contribution < 1.29 is 0 Å². The second-order valence-electron chi connectivity index (χ2n) is 4.80. The summed E-state index contributed by atoms with van der Waals surface area (Å²) >= 11 is 0. The average molecular weight is 196 g/mol. The number of hydrogen-bond acceptors (Lipinski definition) is 2. The monoisotopic (exact) mass is 196 g/mol. The van der Waals surface area contributed by atoms with E-state index in [1.54, 1.807) is 0 Å². The summed E-state index contributed by atoms with van der Waals surface area (Å²) in [5.74, 6) is 0. The third kappa shape index (κ3) is 7.71. The zero-order chi connectivity index (χ0) is 11.2. The maximum atomic E-state index is 3.95. The third-order valence-corrected chi connectivity index (χ3v) is 1.69. The van der Waals surface area contributed by atoms with Gasteiger partial charge in [-0.3, -0.25) is 0 Å². The molecule has 0 fully saturated rings. The summed E-state index contributed by atoms with van der Waals surface area (Å²) in [4.78, 5) is 0. The molecule has 0 heterocycles. The lowest BCUT2D eigenvalue weighted by molar-refractivity contribution is 0.399. The Morgan fingerprint density at radius 1 is 1.29 bits per heavy atom. The summed E-state index contributed by atoms with van der Waals surface area (Å²) in [7, 11) is 0. The van der Waals surface area contributed by atoms with Crippen LogP contribution >= 0.6 is 0 Å². The van der Waals surface area contributed by atoms with Crippen LogP contribution < -0.4 is 10.6 Å². The van der Waals surface area contributed by atoms with Crippen molar-refractivity contribution in [3.63, 3.8) is 0 Å². The lowest BCUT2D eigenvalue weighted by Crippen LogP contribution is -2.25. The van der Waals surface area contributed by atoms with E-state index >= 15 is 0 Å². The van der Waals surface area contributed by atoms with Crippen LogP contribution in [0, 0.1) is 5.41 Å². The van der Waals surface area contributed by atoms with Crippen LogP contribution in [0.3, 0.4) is 0 Å². The highest BCUT2D eigenvalue weighted by Crippen LogP contribution is 2.11. The number of rotatable bonds is 5. The van der Waals surface area contributed by atoms with Gasteiger partial charge in [-0.25, -0.2) is 0 Å². The SMILES string of the molecule is C=C(/C=C(\C)NCC)NCC(C)(C)C. The van der Waals surface area contributed by atoms with Crippen LogP contribution in [0.4, 0.5) is 0 Å². The molecular weight excluding hydrogens is 172 g/mol. The quantitative estimate of drug-likeness (QED) is 0.661. The first-order valence-corrected chi connectivity index (χ1v) is 5.20. The molecule has 2 heteroatoms. The number of nitrogens with one attached hydrogen (secondary N) is 2. The van der Waals surface area contributed by atoms with Crippen LogP contribution in [-0.4, -0.2) is 13.1 Å². The predicted octanol–water partition coefficient (Wildman–Crippen LogP) is 2.65. The Morgan fingerprint density at radius 3 is 2.29 bits per heavy atom. The smallest absolute Gasteiger partial charge is 0.0284 e. The Morgan fingerprint density at radius 2 is 1.86 bits per heavy atom. The Balaban J connectivity index is 3.92. The molecule has 82 valence electrons. The van der Waals surface area contributed by atoms with Crippen molar-refractivity contribution in [1.29, 1.82) is 0 Å². The van der Waals surface area contributed by atoms with Gasteiger partial charge in [0, 0.05) is 24.5 Å². The summed E-state index contributed by atoms with van der Waals surface area (Å²) in [5, 5.41) is 6.53. The molecule has 0 atom stereocenters. The summed E-state index contributed by atoms with van der Waals surface area (Å²) in [5.41, 5.74) is 2.42. The fraction of sp³-hybridized carbons (Fsp3) is 0.667. The zero-order valence-corrected chi connectivity index (χ0v) is 10.2. The molecule has 0 radical (unpaired) electrons. The van der Waals surface area contributed by atoms with Gasteiger partial charge in [-0.15, -0.1) is 0 Å². The normalized spacial score (nSPS) is 12.5. The van der Waals surface area contributed by atoms with Gasteiger partial charge in [-0.05, 0) is 25.3 Å². The van der Waals surface area contributed by atoms with Gasteiger partial charge in [0.15, 0.2) is 0 Å². The molecule has 2 N–H and O–H groups in total. The first-order chi connectivity index (χ1) is 6.35. The van der Waals surface area contributed by atoms with Crippen LogP contribution in [0.15, 0.2) is 24.0 Å². The molecule has 0 rings (SSSR count). The predicted molar refractivity (Wildman–Crippen MR) is 64.0 cm³/mol. The van der Waals surface area contributed by atoms with Gasteiger partial charge in [0.2, 0.25) is 0 Å². The first-order valence-electron chi connectivity index (χ1n) is 5.20. The van der Waals surface area contributed by atoms with E-state index in [4.69, 9.17) is 0 Å². The maximum Gasteiger partial charge on any atom is 0.0284 e. The van der Waals surface area contributed by atoms with E-state index in [2.05, 4.69) is 44.9 Å². The molecule has 2 nitrogen and oxygen atoms in total. The molecule has 0 bridgehead atoms. The molecule has 0 unspecified atom stereocenters. The lowest BCUT2D eigenvalue weighted by Gasteiger charge is -2.20. The molecule has 0 saturated carbocycles. The van der Waals surface area contributed by atoms with E-state index in [1.807, 2.05) is 13.0 Å². The molecule has 0 aromatic carbocycles. The van der Waals surface area contributed by atoms with Gasteiger partial charge in [0.1, 0.15) is 0 Å². The molecule has 0 amide bonds. The van der Waals surface area contributed by atoms with Gasteiger partial charge >= 0.3 is 0 Å². The van der Waals surface area contributed by atoms with Gasteiger partial charge in [-0.2, -0.15) is 0 Å². The Labute approximate surface area is 88.5 Å². The molecule has 14 heavy (non-hydrogen) atoms. The summed E-state index contributed by atoms with van der Waals surface area (Å²) < 4.78 is 0. The Hall–Kier alpha value is -0.920. The molecule has 0 aliphatic heterocycles. The van der Waals surface area contributed by atoms with Gasteiger partial charge in [0.05, 0.1) is 0 Å². The second kappa shape index (κ2) is 5.74. The highest BCUT2D eigenvalue weighted by molar-refractivity contribution is 5.17. The van der Waals surface area contributed by atoms with Crippen molar-refractivity contribution in [2.45, 2.75) is 34.6 Å².